The number of fused-ring (bicyclic) bond motifs is 1. The third-order valence-corrected chi connectivity index (χ3v) is 6.54. The summed E-state index contributed by atoms with van der Waals surface area (Å²) in [6.07, 6.45) is 0.289. The maximum atomic E-state index is 11.8. The van der Waals surface area contributed by atoms with Crippen molar-refractivity contribution >= 4 is 19.8 Å². The second kappa shape index (κ2) is 9.56. The lowest BCUT2D eigenvalue weighted by Gasteiger charge is -2.44. The topological polar surface area (TPSA) is 38.7 Å². The molecule has 166 valence electrons. The molecule has 3 nitrogen and oxygen atoms in total. The average molecular weight is 437 g/mol. The van der Waals surface area contributed by atoms with Crippen LogP contribution in [-0.4, -0.2) is 20.3 Å². The van der Waals surface area contributed by atoms with Gasteiger partial charge in [0.25, 0.3) is 0 Å². The quantitative estimate of drug-likeness (QED) is 0.413. The van der Waals surface area contributed by atoms with Crippen molar-refractivity contribution in [1.29, 1.82) is 0 Å². The predicted octanol–water partition coefficient (Wildman–Crippen LogP) is 6.43. The molecule has 0 amide bonds. The summed E-state index contributed by atoms with van der Waals surface area (Å²) in [4.78, 5) is 0. The number of ether oxygens (including phenoxy) is 1. The van der Waals surface area contributed by atoms with Crippen LogP contribution in [0.15, 0.2) is 66.7 Å². The van der Waals surface area contributed by atoms with E-state index >= 15 is 0 Å². The summed E-state index contributed by atoms with van der Waals surface area (Å²) in [6.45, 7) is 13.2. The molecule has 3 aromatic rings. The zero-order valence-corrected chi connectivity index (χ0v) is 20.8. The predicted molar refractivity (Wildman–Crippen MR) is 132 cm³/mol. The van der Waals surface area contributed by atoms with Crippen molar-refractivity contribution in [3.63, 3.8) is 0 Å². The number of hydrogen-bond acceptors (Lipinski definition) is 3. The lowest BCUT2D eigenvalue weighted by atomic mass is 9.74. The van der Waals surface area contributed by atoms with Gasteiger partial charge in [0.2, 0.25) is 0 Å². The first kappa shape index (κ1) is 23.5. The lowest BCUT2D eigenvalue weighted by Crippen LogP contribution is -2.50. The van der Waals surface area contributed by atoms with Crippen molar-refractivity contribution in [2.45, 2.75) is 65.5 Å². The minimum Gasteiger partial charge on any atom is -0.489 e. The highest BCUT2D eigenvalue weighted by atomic mass is 28.3. The molecule has 0 saturated heterocycles. The van der Waals surface area contributed by atoms with Crippen LogP contribution >= 0.6 is 0 Å². The number of hydrogen-bond donors (Lipinski definition) is 1. The van der Waals surface area contributed by atoms with E-state index < -0.39 is 14.6 Å². The second-order valence-electron chi connectivity index (χ2n) is 9.71. The van der Waals surface area contributed by atoms with Crippen molar-refractivity contribution in [3.05, 3.63) is 77.9 Å². The largest absolute Gasteiger partial charge is 0.489 e. The minimum atomic E-state index is -1.34. The van der Waals surface area contributed by atoms with Gasteiger partial charge in [-0.1, -0.05) is 76.2 Å². The van der Waals surface area contributed by atoms with Crippen LogP contribution in [0.2, 0.25) is 13.1 Å². The molecule has 2 atom stereocenters. The van der Waals surface area contributed by atoms with Crippen LogP contribution in [0.25, 0.3) is 10.8 Å². The molecule has 0 bridgehead atoms. The molecule has 2 unspecified atom stereocenters. The second-order valence-corrected chi connectivity index (χ2v) is 12.1. The molecule has 0 aromatic heterocycles. The Morgan fingerprint density at radius 1 is 0.903 bits per heavy atom. The molecule has 0 aliphatic rings. The summed E-state index contributed by atoms with van der Waals surface area (Å²) in [5, 5.41) is 14.2. The van der Waals surface area contributed by atoms with Gasteiger partial charge in [0.1, 0.15) is 18.0 Å². The molecule has 1 N–H and O–H groups in total. The molecule has 0 saturated carbocycles. The summed E-state index contributed by atoms with van der Waals surface area (Å²) in [5.41, 5.74) is 0.708. The monoisotopic (exact) mass is 436 g/mol. The Kier molecular flexibility index (Phi) is 7.25. The summed E-state index contributed by atoms with van der Waals surface area (Å²) in [5.74, 6) is 0.756. The first-order valence-corrected chi connectivity index (χ1v) is 14.0. The number of rotatable bonds is 8. The highest BCUT2D eigenvalue weighted by molar-refractivity contribution is 6.48. The van der Waals surface area contributed by atoms with Crippen LogP contribution < -0.4 is 4.74 Å². The summed E-state index contributed by atoms with van der Waals surface area (Å²) >= 11 is 0. The molecule has 0 heterocycles. The molecule has 0 fully saturated rings. The van der Waals surface area contributed by atoms with Crippen molar-refractivity contribution in [2.24, 2.45) is 5.41 Å². The first-order valence-electron chi connectivity index (χ1n) is 11.2. The minimum absolute atomic E-state index is 0.190. The fourth-order valence-corrected chi connectivity index (χ4v) is 5.37. The normalized spacial score (nSPS) is 15.1. The van der Waals surface area contributed by atoms with Gasteiger partial charge in [0.15, 0.2) is 9.04 Å². The van der Waals surface area contributed by atoms with Crippen molar-refractivity contribution in [2.75, 3.05) is 0 Å². The Morgan fingerprint density at radius 3 is 2.26 bits per heavy atom. The Morgan fingerprint density at radius 2 is 1.61 bits per heavy atom. The summed E-state index contributed by atoms with van der Waals surface area (Å²) in [7, 11) is -1.34. The van der Waals surface area contributed by atoms with E-state index in [-0.39, 0.29) is 11.5 Å². The van der Waals surface area contributed by atoms with Crippen LogP contribution in [-0.2, 0) is 16.6 Å². The molecule has 0 spiro atoms. The standard InChI is InChI=1S/C27H36O3Si/c1-7-27(28,25(26(2,3)4)30-31(5)6)23-13-10-14-24(18-23)29-19-20-15-16-21-11-8-9-12-22(21)17-20/h8-18,25,28,31H,7,19H2,1-6H3. The van der Waals surface area contributed by atoms with Gasteiger partial charge < -0.3 is 14.3 Å². The maximum Gasteiger partial charge on any atom is 0.171 e. The van der Waals surface area contributed by atoms with Crippen LogP contribution in [0, 0.1) is 5.41 Å². The molecule has 0 radical (unpaired) electrons. The number of benzene rings is 3. The fourth-order valence-electron chi connectivity index (χ4n) is 4.20. The first-order chi connectivity index (χ1) is 14.6. The smallest absolute Gasteiger partial charge is 0.171 e. The van der Waals surface area contributed by atoms with Crippen molar-refractivity contribution in [1.82, 2.24) is 0 Å². The van der Waals surface area contributed by atoms with E-state index in [9.17, 15) is 5.11 Å². The van der Waals surface area contributed by atoms with Gasteiger partial charge in [0, 0.05) is 0 Å². The van der Waals surface area contributed by atoms with E-state index in [0.717, 1.165) is 16.9 Å². The van der Waals surface area contributed by atoms with Gasteiger partial charge in [-0.2, -0.15) is 0 Å². The van der Waals surface area contributed by atoms with Crippen LogP contribution in [0.5, 0.6) is 5.75 Å². The van der Waals surface area contributed by atoms with Crippen LogP contribution in [0.1, 0.15) is 45.2 Å². The van der Waals surface area contributed by atoms with Crippen molar-refractivity contribution < 1.29 is 14.3 Å². The average Bonchev–Trinajstić information content (AvgIpc) is 2.74. The zero-order valence-electron chi connectivity index (χ0n) is 19.7. The van der Waals surface area contributed by atoms with Gasteiger partial charge in [0.05, 0.1) is 6.10 Å². The fraction of sp³-hybridized carbons (Fsp3) is 0.407. The Hall–Kier alpha value is -2.14. The third-order valence-electron chi connectivity index (χ3n) is 5.72. The van der Waals surface area contributed by atoms with E-state index in [1.165, 1.54) is 10.8 Å². The van der Waals surface area contributed by atoms with Gasteiger partial charge in [-0.05, 0) is 65.0 Å². The van der Waals surface area contributed by atoms with Crippen LogP contribution in [0.4, 0.5) is 0 Å². The Bertz CT molecular complexity index is 1010. The summed E-state index contributed by atoms with van der Waals surface area (Å²) in [6, 6.07) is 22.6. The number of aliphatic hydroxyl groups is 1. The van der Waals surface area contributed by atoms with Gasteiger partial charge in [-0.15, -0.1) is 0 Å². The molecule has 0 aliphatic carbocycles. The van der Waals surface area contributed by atoms with E-state index in [1.54, 1.807) is 0 Å². The molecular formula is C27H36O3Si. The molecule has 4 heteroatoms. The van der Waals surface area contributed by atoms with Gasteiger partial charge in [-0.3, -0.25) is 0 Å². The molecule has 0 aliphatic heterocycles. The Balaban J connectivity index is 1.84. The molecule has 3 rings (SSSR count). The molecule has 31 heavy (non-hydrogen) atoms. The van der Waals surface area contributed by atoms with Gasteiger partial charge in [-0.25, -0.2) is 0 Å². The van der Waals surface area contributed by atoms with E-state index in [4.69, 9.17) is 9.16 Å². The third kappa shape index (κ3) is 5.56. The SMILES string of the molecule is CCC(O)(c1cccc(OCc2ccc3ccccc3c2)c1)C(O[SiH](C)C)C(C)(C)C. The zero-order chi connectivity index (χ0) is 22.6. The highest BCUT2D eigenvalue weighted by Crippen LogP contribution is 2.41. The molecule has 3 aromatic carbocycles. The Labute approximate surface area is 188 Å². The highest BCUT2D eigenvalue weighted by Gasteiger charge is 2.44. The van der Waals surface area contributed by atoms with Crippen molar-refractivity contribution in [3.8, 4) is 5.75 Å². The van der Waals surface area contributed by atoms with E-state index in [1.807, 2.05) is 31.2 Å². The van der Waals surface area contributed by atoms with Gasteiger partial charge >= 0.3 is 0 Å². The van der Waals surface area contributed by atoms with E-state index in [2.05, 4.69) is 76.3 Å². The maximum absolute atomic E-state index is 11.8. The summed E-state index contributed by atoms with van der Waals surface area (Å²) < 4.78 is 12.5. The van der Waals surface area contributed by atoms with Crippen LogP contribution in [0.3, 0.4) is 0 Å². The van der Waals surface area contributed by atoms with E-state index in [0.29, 0.717) is 13.0 Å². The molecular weight excluding hydrogens is 400 g/mol. The lowest BCUT2D eigenvalue weighted by molar-refractivity contribution is -0.116.